The second-order valence-electron chi connectivity index (χ2n) is 6.05. The van der Waals surface area contributed by atoms with E-state index < -0.39 is 0 Å². The van der Waals surface area contributed by atoms with Crippen molar-refractivity contribution in [3.63, 3.8) is 0 Å². The summed E-state index contributed by atoms with van der Waals surface area (Å²) in [5.74, 6) is 0.414. The molecule has 2 aliphatic rings. The number of carbonyl (C=O) groups is 1. The molecule has 138 valence electrons. The molecule has 4 rings (SSSR count). The van der Waals surface area contributed by atoms with Crippen molar-refractivity contribution >= 4 is 11.7 Å². The minimum atomic E-state index is -0.334. The Morgan fingerprint density at radius 3 is 3.04 bits per heavy atom. The lowest BCUT2D eigenvalue weighted by molar-refractivity contribution is -0.125. The van der Waals surface area contributed by atoms with E-state index >= 15 is 0 Å². The van der Waals surface area contributed by atoms with Gasteiger partial charge in [0, 0.05) is 25.7 Å². The Balaban J connectivity index is 1.37. The van der Waals surface area contributed by atoms with E-state index in [0.717, 1.165) is 24.6 Å². The number of carbonyl (C=O) groups excluding carboxylic acids is 1. The van der Waals surface area contributed by atoms with E-state index in [0.29, 0.717) is 26.3 Å². The van der Waals surface area contributed by atoms with Crippen LogP contribution in [0.25, 0.3) is 0 Å². The van der Waals surface area contributed by atoms with Crippen LogP contribution in [0.3, 0.4) is 0 Å². The molecule has 2 aliphatic heterocycles. The van der Waals surface area contributed by atoms with Crippen LogP contribution in [-0.4, -0.2) is 68.9 Å². The Morgan fingerprint density at radius 1 is 1.35 bits per heavy atom. The number of nitrogens with zero attached hydrogens (tertiary/aromatic N) is 7. The number of anilines is 1. The molecule has 4 heterocycles. The van der Waals surface area contributed by atoms with Crippen molar-refractivity contribution in [3.05, 3.63) is 24.4 Å². The summed E-state index contributed by atoms with van der Waals surface area (Å²) in [5.41, 5.74) is 6.73. The molecule has 2 saturated heterocycles. The molecule has 0 bridgehead atoms. The van der Waals surface area contributed by atoms with Crippen molar-refractivity contribution in [1.82, 2.24) is 46.3 Å². The maximum absolute atomic E-state index is 12.6. The Kier molecular flexibility index (Phi) is 4.95. The van der Waals surface area contributed by atoms with Gasteiger partial charge in [-0.05, 0) is 10.4 Å². The van der Waals surface area contributed by atoms with Crippen LogP contribution in [-0.2, 0) is 16.1 Å². The van der Waals surface area contributed by atoms with Gasteiger partial charge in [-0.2, -0.15) is 0 Å². The smallest absolute Gasteiger partial charge is 0.228 e. The first kappa shape index (κ1) is 16.8. The van der Waals surface area contributed by atoms with Crippen molar-refractivity contribution in [2.45, 2.75) is 12.7 Å². The normalized spacial score (nSPS) is 23.2. The molecular formula is C14H20N10O2. The number of hydrazine groups is 1. The summed E-state index contributed by atoms with van der Waals surface area (Å²) in [7, 11) is 0. The number of hydrogen-bond acceptors (Lipinski definition) is 10. The van der Waals surface area contributed by atoms with Gasteiger partial charge >= 0.3 is 0 Å². The lowest BCUT2D eigenvalue weighted by Crippen LogP contribution is -2.38. The number of rotatable bonds is 5. The molecular weight excluding hydrogens is 340 g/mol. The fourth-order valence-corrected chi connectivity index (χ4v) is 3.02. The summed E-state index contributed by atoms with van der Waals surface area (Å²) in [6.07, 6.45) is 2.66. The molecule has 1 amide bonds. The number of aromatic nitrogens is 6. The zero-order valence-corrected chi connectivity index (χ0v) is 14.1. The van der Waals surface area contributed by atoms with Crippen molar-refractivity contribution in [2.75, 3.05) is 37.7 Å². The fourth-order valence-electron chi connectivity index (χ4n) is 3.02. The summed E-state index contributed by atoms with van der Waals surface area (Å²) >= 11 is 0. The van der Waals surface area contributed by atoms with Crippen molar-refractivity contribution < 1.29 is 9.53 Å². The molecule has 12 heteroatoms. The van der Waals surface area contributed by atoms with Gasteiger partial charge in [0.25, 0.3) is 0 Å². The molecule has 2 aromatic rings. The zero-order chi connectivity index (χ0) is 17.8. The van der Waals surface area contributed by atoms with Crippen LogP contribution < -0.4 is 21.1 Å². The minimum absolute atomic E-state index is 0.102. The number of ether oxygens (including phenoxy) is 1. The average molecular weight is 360 g/mol. The monoisotopic (exact) mass is 360 g/mol. The topological polar surface area (TPSA) is 135 Å². The van der Waals surface area contributed by atoms with Crippen LogP contribution in [0, 0.1) is 5.92 Å². The second kappa shape index (κ2) is 7.68. The number of morpholine rings is 1. The van der Waals surface area contributed by atoms with E-state index in [9.17, 15) is 4.79 Å². The summed E-state index contributed by atoms with van der Waals surface area (Å²) < 4.78 is 6.88. The van der Waals surface area contributed by atoms with Crippen molar-refractivity contribution in [2.24, 2.45) is 5.92 Å². The molecule has 0 radical (unpaired) electrons. The highest BCUT2D eigenvalue weighted by molar-refractivity contribution is 5.79. The SMILES string of the molecule is O=C(NCc1cc(N2CCOCC2)ncn1)C1CNNC1n1cnnn1. The average Bonchev–Trinajstić information content (AvgIpc) is 3.38. The van der Waals surface area contributed by atoms with Gasteiger partial charge < -0.3 is 15.0 Å². The highest BCUT2D eigenvalue weighted by atomic mass is 16.5. The Bertz CT molecular complexity index is 733. The van der Waals surface area contributed by atoms with E-state index in [2.05, 4.69) is 46.6 Å². The molecule has 0 saturated carbocycles. The standard InChI is InChI=1S/C14H20N10O2/c25-14(11-7-18-20-13(11)24-9-19-21-22-24)15-6-10-5-12(17-8-16-10)23-1-3-26-4-2-23/h5,8-9,11,13,18,20H,1-4,6-7H2,(H,15,25). The van der Waals surface area contributed by atoms with Crippen LogP contribution in [0.1, 0.15) is 11.9 Å². The second-order valence-corrected chi connectivity index (χ2v) is 6.05. The number of nitrogens with one attached hydrogen (secondary N) is 3. The van der Waals surface area contributed by atoms with Gasteiger partial charge in [0.1, 0.15) is 24.6 Å². The highest BCUT2D eigenvalue weighted by Crippen LogP contribution is 2.17. The quantitative estimate of drug-likeness (QED) is 0.541. The number of hydrogen-bond donors (Lipinski definition) is 3. The summed E-state index contributed by atoms with van der Waals surface area (Å²) in [4.78, 5) is 23.3. The van der Waals surface area contributed by atoms with Crippen LogP contribution in [0.2, 0.25) is 0 Å². The third kappa shape index (κ3) is 3.61. The predicted molar refractivity (Wildman–Crippen MR) is 88.4 cm³/mol. The highest BCUT2D eigenvalue weighted by Gasteiger charge is 2.34. The largest absolute Gasteiger partial charge is 0.378 e. The number of amides is 1. The molecule has 2 unspecified atom stereocenters. The molecule has 12 nitrogen and oxygen atoms in total. The van der Waals surface area contributed by atoms with Crippen LogP contribution in [0.5, 0.6) is 0 Å². The van der Waals surface area contributed by atoms with Crippen molar-refractivity contribution in [3.8, 4) is 0 Å². The Morgan fingerprint density at radius 2 is 2.23 bits per heavy atom. The van der Waals surface area contributed by atoms with E-state index in [-0.39, 0.29) is 18.0 Å². The van der Waals surface area contributed by atoms with Crippen LogP contribution in [0.4, 0.5) is 5.82 Å². The third-order valence-electron chi connectivity index (χ3n) is 4.43. The van der Waals surface area contributed by atoms with E-state index in [1.807, 2.05) is 6.07 Å². The molecule has 0 aromatic carbocycles. The van der Waals surface area contributed by atoms with E-state index in [4.69, 9.17) is 4.74 Å². The van der Waals surface area contributed by atoms with Crippen LogP contribution in [0.15, 0.2) is 18.7 Å². The Hall–Kier alpha value is -2.70. The van der Waals surface area contributed by atoms with Gasteiger partial charge in [-0.1, -0.05) is 0 Å². The Labute approximate surface area is 149 Å². The molecule has 3 N–H and O–H groups in total. The molecule has 2 fully saturated rings. The van der Waals surface area contributed by atoms with Gasteiger partial charge in [0.15, 0.2) is 0 Å². The van der Waals surface area contributed by atoms with Gasteiger partial charge in [-0.25, -0.2) is 20.1 Å². The third-order valence-corrected chi connectivity index (χ3v) is 4.43. The fraction of sp³-hybridized carbons (Fsp3) is 0.571. The first-order valence-corrected chi connectivity index (χ1v) is 8.43. The van der Waals surface area contributed by atoms with E-state index in [1.54, 1.807) is 0 Å². The maximum Gasteiger partial charge on any atom is 0.228 e. The van der Waals surface area contributed by atoms with Crippen molar-refractivity contribution in [1.29, 1.82) is 0 Å². The zero-order valence-electron chi connectivity index (χ0n) is 14.1. The molecule has 0 aliphatic carbocycles. The first-order chi connectivity index (χ1) is 12.8. The lowest BCUT2D eigenvalue weighted by atomic mass is 10.1. The van der Waals surface area contributed by atoms with Gasteiger partial charge in [-0.3, -0.25) is 10.2 Å². The predicted octanol–water partition coefficient (Wildman–Crippen LogP) is -2.16. The molecule has 0 spiro atoms. The van der Waals surface area contributed by atoms with E-state index in [1.165, 1.54) is 17.3 Å². The minimum Gasteiger partial charge on any atom is -0.378 e. The summed E-state index contributed by atoms with van der Waals surface area (Å²) in [6, 6.07) is 1.90. The molecule has 2 aromatic heterocycles. The van der Waals surface area contributed by atoms with Gasteiger partial charge in [0.05, 0.1) is 31.4 Å². The summed E-state index contributed by atoms with van der Waals surface area (Å²) in [5, 5.41) is 14.0. The maximum atomic E-state index is 12.6. The van der Waals surface area contributed by atoms with Gasteiger partial charge in [-0.15, -0.1) is 5.10 Å². The van der Waals surface area contributed by atoms with Crippen LogP contribution >= 0.6 is 0 Å². The molecule has 26 heavy (non-hydrogen) atoms. The first-order valence-electron chi connectivity index (χ1n) is 8.43. The van der Waals surface area contributed by atoms with Gasteiger partial charge in [0.2, 0.25) is 5.91 Å². The lowest BCUT2D eigenvalue weighted by Gasteiger charge is -2.27. The summed E-state index contributed by atoms with van der Waals surface area (Å²) in [6.45, 7) is 3.80. The molecule has 2 atom stereocenters. The number of tetrazole rings is 1.